The molecule has 0 bridgehead atoms. The van der Waals surface area contributed by atoms with Crippen molar-refractivity contribution in [3.8, 4) is 0 Å². The van der Waals surface area contributed by atoms with E-state index < -0.39 is 51.5 Å². The summed E-state index contributed by atoms with van der Waals surface area (Å²) in [6.07, 6.45) is -0.697. The molecule has 0 aliphatic rings. The Kier molecular flexibility index (Phi) is 41.1. The second kappa shape index (κ2) is 42.3. The Morgan fingerprint density at radius 1 is 0.395 bits per heavy atom. The number of aromatic nitrogens is 10. The Bertz CT molecular complexity index is 3820. The summed E-state index contributed by atoms with van der Waals surface area (Å²) in [4.78, 5) is 122. The first-order chi connectivity index (χ1) is 39.3. The molecule has 0 saturated carbocycles. The van der Waals surface area contributed by atoms with Crippen LogP contribution < -0.4 is 33.7 Å². The van der Waals surface area contributed by atoms with E-state index in [2.05, 4.69) is 38.1 Å². The van der Waals surface area contributed by atoms with Crippen molar-refractivity contribution in [2.75, 3.05) is 0 Å². The summed E-state index contributed by atoms with van der Waals surface area (Å²) in [5.41, 5.74) is 22.8. The third-order valence-corrected chi connectivity index (χ3v) is 11.7. The first kappa shape index (κ1) is 83.6. The van der Waals surface area contributed by atoms with E-state index in [0.717, 1.165) is 19.3 Å². The van der Waals surface area contributed by atoms with Crippen molar-refractivity contribution in [2.45, 2.75) is 95.4 Å². The Labute approximate surface area is 572 Å². The molecule has 0 saturated heterocycles. The first-order valence-electron chi connectivity index (χ1n) is 26.3. The molecule has 0 unspecified atom stereocenters. The average Bonchev–Trinajstić information content (AvgIpc) is 1.98. The second-order valence-electron chi connectivity index (χ2n) is 17.1. The normalized spacial score (nSPS) is 9.41. The molecule has 3 aromatic carbocycles. The van der Waals surface area contributed by atoms with E-state index in [1.807, 2.05) is 133 Å². The maximum absolute atomic E-state index is 12.3. The Morgan fingerprint density at radius 3 is 1.05 bits per heavy atom. The number of nitrogens with one attached hydrogen (secondary N) is 3. The molecular formula is C61H75N13O9U3. The van der Waals surface area contributed by atoms with Crippen LogP contribution >= 0.6 is 0 Å². The van der Waals surface area contributed by atoms with Gasteiger partial charge >= 0.3 is 110 Å². The van der Waals surface area contributed by atoms with Crippen LogP contribution in [0.2, 0.25) is 0 Å². The van der Waals surface area contributed by atoms with Crippen molar-refractivity contribution in [1.29, 1.82) is 0 Å². The van der Waals surface area contributed by atoms with Gasteiger partial charge in [-0.2, -0.15) is 109 Å². The van der Waals surface area contributed by atoms with Gasteiger partial charge in [0.2, 0.25) is 0 Å². The number of pyridine rings is 2. The number of aryl methyl sites for hydroxylation is 7. The molecule has 0 radical (unpaired) electrons. The van der Waals surface area contributed by atoms with Crippen molar-refractivity contribution in [2.24, 2.45) is 42.3 Å². The van der Waals surface area contributed by atoms with Gasteiger partial charge in [-0.1, -0.05) is 41.5 Å². The topological polar surface area (TPSA) is 306 Å². The van der Waals surface area contributed by atoms with E-state index in [0.29, 0.717) is 33.9 Å². The number of amides is 3. The van der Waals surface area contributed by atoms with Crippen LogP contribution in [0.3, 0.4) is 0 Å². The van der Waals surface area contributed by atoms with E-state index in [9.17, 15) is 43.2 Å². The average molecular weight is 1850 g/mol. The number of hydrogen-bond donors (Lipinski definition) is 0. The molecule has 86 heavy (non-hydrogen) atoms. The predicted octanol–water partition coefficient (Wildman–Crippen LogP) is 7.74. The molecule has 0 aliphatic heterocycles. The fraction of sp³-hybridized carbons (Fsp3) is 0.328. The molecule has 9 aromatic rings. The van der Waals surface area contributed by atoms with Gasteiger partial charge in [0.25, 0.3) is 16.7 Å². The van der Waals surface area contributed by atoms with Gasteiger partial charge in [-0.3, -0.25) is 46.8 Å². The first-order valence-corrected chi connectivity index (χ1v) is 26.3. The Morgan fingerprint density at radius 2 is 0.709 bits per heavy atom. The maximum atomic E-state index is 12.3. The minimum Gasteiger partial charge on any atom is -0.667 e. The summed E-state index contributed by atoms with van der Waals surface area (Å²) in [7, 11) is 8.69. The summed E-state index contributed by atoms with van der Waals surface area (Å²) in [6.45, 7) is 20.6. The fourth-order valence-electron chi connectivity index (χ4n) is 7.55. The van der Waals surface area contributed by atoms with Gasteiger partial charge < -0.3 is 31.6 Å². The van der Waals surface area contributed by atoms with Crippen molar-refractivity contribution in [3.05, 3.63) is 234 Å². The number of nitrogens with zero attached hydrogens (tertiary/aromatic N) is 10. The van der Waals surface area contributed by atoms with Gasteiger partial charge in [0.15, 0.2) is 5.65 Å². The zero-order valence-electron chi connectivity index (χ0n) is 51.9. The number of benzene rings is 3. The molecule has 0 fully saturated rings. The third-order valence-electron chi connectivity index (χ3n) is 11.7. The summed E-state index contributed by atoms with van der Waals surface area (Å²) in [5, 5.41) is 0.576. The SMILES string of the molecule is CC.CC.CC.Cc1nc(CC([NH-])=O)c2c(=O)n(C)c(=O)n(C)c2c1C.Cc1nc(CC([NH-])=O)c2c(=O)n(C)c(=O)n(C)c2n1.Cc1nc2c(c(CC([NH-])=O)c1C)c(=O)n(C)c(=O)n2C.[U+2].[U+2].[U+2].[c-]1ccccc1.[c-]1ccccc1.[c-]1ccccc1. The minimum atomic E-state index is -0.852. The number of fused-ring (bicyclic) bond motifs is 3. The van der Waals surface area contributed by atoms with E-state index in [1.165, 1.54) is 48.9 Å². The van der Waals surface area contributed by atoms with Crippen LogP contribution in [0, 0.1) is 146 Å². The molecular weight excluding hydrogens is 1770 g/mol. The maximum Gasteiger partial charge on any atom is 2.00 e. The van der Waals surface area contributed by atoms with Gasteiger partial charge in [-0.25, -0.2) is 29.3 Å². The number of carbonyl (C=O) groups excluding carboxylic acids is 3. The van der Waals surface area contributed by atoms with Gasteiger partial charge in [-0.15, -0.1) is 0 Å². The van der Waals surface area contributed by atoms with E-state index in [-0.39, 0.29) is 151 Å². The Balaban J connectivity index is -0.000000992. The monoisotopic (exact) mass is 1850 g/mol. The molecule has 450 valence electrons. The van der Waals surface area contributed by atoms with E-state index in [1.54, 1.807) is 41.7 Å². The second-order valence-corrected chi connectivity index (χ2v) is 17.1. The van der Waals surface area contributed by atoms with Crippen LogP contribution in [0.15, 0.2) is 120 Å². The van der Waals surface area contributed by atoms with Crippen LogP contribution in [-0.4, -0.2) is 65.1 Å². The summed E-state index contributed by atoms with van der Waals surface area (Å²) in [5.74, 6) is -2.11. The number of hydrogen-bond acceptors (Lipinski definition) is 13. The largest absolute Gasteiger partial charge is 2.00 e. The van der Waals surface area contributed by atoms with Gasteiger partial charge in [-0.05, 0) is 51.3 Å². The number of rotatable bonds is 6. The molecule has 3 amide bonds. The smallest absolute Gasteiger partial charge is 0.667 e. The molecule has 3 N–H and O–H groups in total. The molecule has 0 spiro atoms. The molecule has 0 atom stereocenters. The predicted molar refractivity (Wildman–Crippen MR) is 327 cm³/mol. The van der Waals surface area contributed by atoms with E-state index in [4.69, 9.17) is 17.2 Å². The Hall–Kier alpha value is -6.57. The fourth-order valence-corrected chi connectivity index (χ4v) is 7.55. The summed E-state index contributed by atoms with van der Waals surface area (Å²) in [6, 6.07) is 37.5. The molecule has 0 aliphatic carbocycles. The van der Waals surface area contributed by atoms with Crippen LogP contribution in [0.5, 0.6) is 0 Å². The minimum absolute atomic E-state index is 0. The van der Waals surface area contributed by atoms with Crippen LogP contribution in [-0.2, 0) is 75.9 Å². The molecule has 9 rings (SSSR count). The van der Waals surface area contributed by atoms with Crippen LogP contribution in [0.25, 0.3) is 50.2 Å². The van der Waals surface area contributed by atoms with Gasteiger partial charge in [0.1, 0.15) is 16.9 Å². The number of carbonyl (C=O) groups is 3. The van der Waals surface area contributed by atoms with Crippen molar-refractivity contribution in [3.63, 3.8) is 0 Å². The van der Waals surface area contributed by atoms with Gasteiger partial charge in [0, 0.05) is 72.9 Å². The standard InChI is InChI=1S/2C13H16N4O3.C11H13N5O3.3C6H5.3C2H6.3U/c1-6-7(2)15-8(5-9(14)18)10-11(6)16(3)13(20)17(4)12(10)19;1-6-7(2)15-11-10(8(6)5-9(14)18)12(19)17(4)13(20)16(11)3;1-5-13-6(4-7(12)17)8-9(14-5)15(2)11(19)16(3)10(8)18;3*1-2-4-6-5-3-1;3*1-2;;;/h2*5H2,1-4H3,(H2,14,18);4H2,1-3H3,(H2,12,17);3*1-5H;3*1-2H3;;;/q;;;3*-1;;;;3*+2/p-3. The summed E-state index contributed by atoms with van der Waals surface area (Å²) >= 11 is 0. The van der Waals surface area contributed by atoms with Gasteiger partial charge in [0.05, 0.1) is 45.4 Å². The van der Waals surface area contributed by atoms with Crippen molar-refractivity contribution < 1.29 is 108 Å². The third kappa shape index (κ3) is 23.3. The molecule has 6 aromatic heterocycles. The molecule has 25 heteroatoms. The zero-order chi connectivity index (χ0) is 63.4. The van der Waals surface area contributed by atoms with Crippen molar-refractivity contribution >= 4 is 50.7 Å². The van der Waals surface area contributed by atoms with Crippen LogP contribution in [0.4, 0.5) is 0 Å². The summed E-state index contributed by atoms with van der Waals surface area (Å²) < 4.78 is 6.77. The van der Waals surface area contributed by atoms with Crippen LogP contribution in [0.1, 0.15) is 86.8 Å². The molecule has 22 nitrogen and oxygen atoms in total. The quantitative estimate of drug-likeness (QED) is 0.144. The van der Waals surface area contributed by atoms with Crippen molar-refractivity contribution in [1.82, 2.24) is 47.3 Å². The zero-order valence-corrected chi connectivity index (χ0v) is 64.4. The molecule has 6 heterocycles. The van der Waals surface area contributed by atoms with E-state index >= 15 is 0 Å².